The highest BCUT2D eigenvalue weighted by Gasteiger charge is 2.16. The number of esters is 1. The fraction of sp³-hybridized carbons (Fsp3) is 0.214. The predicted octanol–water partition coefficient (Wildman–Crippen LogP) is 4.88. The lowest BCUT2D eigenvalue weighted by molar-refractivity contribution is -0.139. The number of hydrogen-bond donors (Lipinski definition) is 1. The van der Waals surface area contributed by atoms with E-state index in [-0.39, 0.29) is 29.8 Å². The minimum Gasteiger partial charge on any atom is -0.465 e. The van der Waals surface area contributed by atoms with Crippen molar-refractivity contribution in [3.05, 3.63) is 105 Å². The smallest absolute Gasteiger partial charge is 0.316 e. The van der Waals surface area contributed by atoms with Gasteiger partial charge in [0.15, 0.2) is 5.16 Å². The molecule has 0 aliphatic carbocycles. The largest absolute Gasteiger partial charge is 0.465 e. The number of halogens is 1. The van der Waals surface area contributed by atoms with Crippen molar-refractivity contribution in [2.45, 2.75) is 31.6 Å². The van der Waals surface area contributed by atoms with Crippen LogP contribution < -0.4 is 10.9 Å². The third kappa shape index (κ3) is 6.99. The summed E-state index contributed by atoms with van der Waals surface area (Å²) < 4.78 is 6.62. The minimum atomic E-state index is -0.384. The van der Waals surface area contributed by atoms with Gasteiger partial charge < -0.3 is 10.1 Å². The van der Waals surface area contributed by atoms with Crippen molar-refractivity contribution in [1.29, 1.82) is 0 Å². The maximum Gasteiger partial charge on any atom is 0.316 e. The van der Waals surface area contributed by atoms with Crippen LogP contribution in [0.1, 0.15) is 28.4 Å². The maximum atomic E-state index is 13.4. The number of aryl methyl sites for hydroxylation is 1. The molecule has 1 amide bonds. The van der Waals surface area contributed by atoms with Crippen molar-refractivity contribution in [3.63, 3.8) is 0 Å². The zero-order valence-electron chi connectivity index (χ0n) is 20.3. The number of carbonyl (C=O) groups is 2. The fourth-order valence-corrected chi connectivity index (χ4v) is 4.83. The van der Waals surface area contributed by atoms with Gasteiger partial charge in [0.1, 0.15) is 0 Å². The third-order valence-corrected chi connectivity index (χ3v) is 6.80. The molecule has 1 aromatic heterocycles. The Labute approximate surface area is 223 Å². The molecule has 190 valence electrons. The van der Waals surface area contributed by atoms with E-state index >= 15 is 0 Å². The average Bonchev–Trinajstić information content (AvgIpc) is 2.90. The van der Waals surface area contributed by atoms with Crippen molar-refractivity contribution in [3.8, 4) is 0 Å². The number of amides is 1. The van der Waals surface area contributed by atoms with E-state index in [0.717, 1.165) is 22.9 Å². The number of nitrogens with zero attached hydrogens (tertiary/aromatic N) is 2. The molecule has 0 saturated heterocycles. The number of benzene rings is 3. The van der Waals surface area contributed by atoms with Gasteiger partial charge in [-0.05, 0) is 54.8 Å². The van der Waals surface area contributed by atoms with Crippen LogP contribution in [-0.2, 0) is 29.0 Å². The molecule has 0 spiro atoms. The lowest BCUT2D eigenvalue weighted by atomic mass is 10.1. The summed E-state index contributed by atoms with van der Waals surface area (Å²) in [4.78, 5) is 42.9. The highest BCUT2D eigenvalue weighted by Crippen LogP contribution is 2.20. The molecule has 0 radical (unpaired) electrons. The summed E-state index contributed by atoms with van der Waals surface area (Å²) in [6, 6.07) is 21.9. The first kappa shape index (κ1) is 26.4. The van der Waals surface area contributed by atoms with E-state index in [4.69, 9.17) is 16.3 Å². The molecule has 0 bridgehead atoms. The van der Waals surface area contributed by atoms with Crippen molar-refractivity contribution in [1.82, 2.24) is 14.9 Å². The molecule has 0 atom stereocenters. The number of carbonyl (C=O) groups excluding carboxylic acids is 2. The van der Waals surface area contributed by atoms with Gasteiger partial charge in [-0.2, -0.15) is 0 Å². The second kappa shape index (κ2) is 12.6. The van der Waals surface area contributed by atoms with Crippen LogP contribution >= 0.6 is 23.4 Å². The summed E-state index contributed by atoms with van der Waals surface area (Å²) in [5.41, 5.74) is 2.51. The summed E-state index contributed by atoms with van der Waals surface area (Å²) in [7, 11) is 0. The van der Waals surface area contributed by atoms with Gasteiger partial charge >= 0.3 is 5.97 Å². The molecule has 7 nitrogen and oxygen atoms in total. The number of fused-ring (bicyclic) bond motifs is 1. The molecule has 0 aliphatic rings. The van der Waals surface area contributed by atoms with E-state index in [2.05, 4.69) is 10.3 Å². The SMILES string of the molecule is CCOC(=O)CSc1nc2cc(C(=O)NCc3cccc(Cl)c3)ccc2c(=O)n1CCc1ccccc1. The summed E-state index contributed by atoms with van der Waals surface area (Å²) in [5.74, 6) is -0.653. The van der Waals surface area contributed by atoms with Gasteiger partial charge in [-0.25, -0.2) is 4.98 Å². The second-order valence-corrected chi connectivity index (χ2v) is 9.60. The zero-order valence-corrected chi connectivity index (χ0v) is 21.8. The molecule has 0 saturated carbocycles. The van der Waals surface area contributed by atoms with Gasteiger partial charge in [0.25, 0.3) is 11.5 Å². The van der Waals surface area contributed by atoms with Gasteiger partial charge in [0, 0.05) is 23.7 Å². The van der Waals surface area contributed by atoms with Crippen LogP contribution in [0.2, 0.25) is 5.02 Å². The summed E-state index contributed by atoms with van der Waals surface area (Å²) in [6.45, 7) is 2.73. The topological polar surface area (TPSA) is 90.3 Å². The van der Waals surface area contributed by atoms with E-state index in [1.165, 1.54) is 0 Å². The first-order valence-corrected chi connectivity index (χ1v) is 13.2. The Kier molecular flexibility index (Phi) is 8.98. The molecule has 0 unspecified atom stereocenters. The molecule has 1 heterocycles. The fourth-order valence-electron chi connectivity index (χ4n) is 3.79. The second-order valence-electron chi connectivity index (χ2n) is 8.22. The van der Waals surface area contributed by atoms with Crippen LogP contribution in [0.25, 0.3) is 10.9 Å². The molecule has 4 aromatic rings. The predicted molar refractivity (Wildman–Crippen MR) is 146 cm³/mol. The molecule has 3 aromatic carbocycles. The average molecular weight is 536 g/mol. The van der Waals surface area contributed by atoms with E-state index in [0.29, 0.717) is 46.2 Å². The van der Waals surface area contributed by atoms with Crippen LogP contribution in [-0.4, -0.2) is 33.8 Å². The first-order chi connectivity index (χ1) is 17.9. The number of nitrogens with one attached hydrogen (secondary N) is 1. The number of ether oxygens (including phenoxy) is 1. The van der Waals surface area contributed by atoms with Crippen molar-refractivity contribution >= 4 is 46.1 Å². The van der Waals surface area contributed by atoms with Gasteiger partial charge in [0.2, 0.25) is 0 Å². The number of hydrogen-bond acceptors (Lipinski definition) is 6. The Hall–Kier alpha value is -3.62. The molecular weight excluding hydrogens is 510 g/mol. The van der Waals surface area contributed by atoms with Gasteiger partial charge in [-0.3, -0.25) is 19.0 Å². The summed E-state index contributed by atoms with van der Waals surface area (Å²) >= 11 is 7.17. The molecule has 9 heteroatoms. The van der Waals surface area contributed by atoms with E-state index in [1.807, 2.05) is 42.5 Å². The lowest BCUT2D eigenvalue weighted by Crippen LogP contribution is -2.26. The Morgan fingerprint density at radius 2 is 1.81 bits per heavy atom. The number of thioether (sulfide) groups is 1. The normalized spacial score (nSPS) is 10.9. The Bertz CT molecular complexity index is 1470. The highest BCUT2D eigenvalue weighted by molar-refractivity contribution is 7.99. The van der Waals surface area contributed by atoms with Crippen molar-refractivity contribution < 1.29 is 14.3 Å². The quantitative estimate of drug-likeness (QED) is 0.177. The monoisotopic (exact) mass is 535 g/mol. The van der Waals surface area contributed by atoms with E-state index in [9.17, 15) is 14.4 Å². The minimum absolute atomic E-state index is 0.0247. The van der Waals surface area contributed by atoms with Crippen LogP contribution in [0.5, 0.6) is 0 Å². The van der Waals surface area contributed by atoms with Crippen LogP contribution in [0, 0.1) is 0 Å². The number of rotatable bonds is 10. The van der Waals surface area contributed by atoms with Gasteiger partial charge in [-0.1, -0.05) is 65.8 Å². The summed E-state index contributed by atoms with van der Waals surface area (Å²) in [5, 5.41) is 4.26. The third-order valence-electron chi connectivity index (χ3n) is 5.62. The molecule has 4 rings (SSSR count). The molecule has 1 N–H and O–H groups in total. The van der Waals surface area contributed by atoms with E-state index < -0.39 is 0 Å². The maximum absolute atomic E-state index is 13.4. The molecule has 37 heavy (non-hydrogen) atoms. The van der Waals surface area contributed by atoms with Crippen LogP contribution in [0.15, 0.2) is 82.7 Å². The Morgan fingerprint density at radius 3 is 2.57 bits per heavy atom. The Balaban J connectivity index is 1.61. The van der Waals surface area contributed by atoms with Crippen molar-refractivity contribution in [2.75, 3.05) is 12.4 Å². The van der Waals surface area contributed by atoms with Crippen LogP contribution in [0.4, 0.5) is 0 Å². The van der Waals surface area contributed by atoms with Crippen LogP contribution in [0.3, 0.4) is 0 Å². The van der Waals surface area contributed by atoms with E-state index in [1.54, 1.807) is 41.8 Å². The van der Waals surface area contributed by atoms with Crippen molar-refractivity contribution in [2.24, 2.45) is 0 Å². The number of aromatic nitrogens is 2. The highest BCUT2D eigenvalue weighted by atomic mass is 35.5. The lowest BCUT2D eigenvalue weighted by Gasteiger charge is -2.14. The standard InChI is InChI=1S/C28H26ClN3O4S/c1-2-36-25(33)18-37-28-31-24-16-21(26(34)30-17-20-9-6-10-22(29)15-20)11-12-23(24)27(35)32(28)14-13-19-7-4-3-5-8-19/h3-12,15-16H,2,13-14,17-18H2,1H3,(H,30,34). The van der Waals surface area contributed by atoms with Gasteiger partial charge in [0.05, 0.1) is 23.3 Å². The molecular formula is C28H26ClN3O4S. The zero-order chi connectivity index (χ0) is 26.2. The first-order valence-electron chi connectivity index (χ1n) is 11.8. The molecule has 0 aliphatic heterocycles. The molecule has 0 fully saturated rings. The Morgan fingerprint density at radius 1 is 1.03 bits per heavy atom. The van der Waals surface area contributed by atoms with Gasteiger partial charge in [-0.15, -0.1) is 0 Å². The summed E-state index contributed by atoms with van der Waals surface area (Å²) in [6.07, 6.45) is 0.630.